The Bertz CT molecular complexity index is 514. The lowest BCUT2D eigenvalue weighted by molar-refractivity contribution is -0.138. The topological polar surface area (TPSA) is 37.3 Å². The van der Waals surface area contributed by atoms with Gasteiger partial charge in [-0.05, 0) is 91.8 Å². The Morgan fingerprint density at radius 2 is 1.67 bits per heavy atom. The summed E-state index contributed by atoms with van der Waals surface area (Å²) >= 11 is 0. The van der Waals surface area contributed by atoms with Crippen LogP contribution in [0.25, 0.3) is 0 Å². The van der Waals surface area contributed by atoms with Crippen molar-refractivity contribution >= 4 is 5.78 Å². The highest BCUT2D eigenvalue weighted by Crippen LogP contribution is 2.67. The number of aliphatic hydroxyl groups is 1. The van der Waals surface area contributed by atoms with Gasteiger partial charge >= 0.3 is 0 Å². The number of fused-ring (bicyclic) bond motifs is 5. The van der Waals surface area contributed by atoms with E-state index in [1.165, 1.54) is 51.4 Å². The summed E-state index contributed by atoms with van der Waals surface area (Å²) in [5, 5.41) is 9.40. The summed E-state index contributed by atoms with van der Waals surface area (Å²) in [6.45, 7) is 7.20. The molecular weight excluding hydrogens is 296 g/mol. The molecule has 0 heterocycles. The Hall–Kier alpha value is -0.370. The van der Waals surface area contributed by atoms with Crippen molar-refractivity contribution in [1.82, 2.24) is 0 Å². The van der Waals surface area contributed by atoms with Crippen LogP contribution >= 0.6 is 0 Å². The van der Waals surface area contributed by atoms with Crippen LogP contribution in [0.3, 0.4) is 0 Å². The first-order chi connectivity index (χ1) is 11.4. The van der Waals surface area contributed by atoms with Crippen molar-refractivity contribution in [2.24, 2.45) is 46.3 Å². The highest BCUT2D eigenvalue weighted by molar-refractivity contribution is 5.83. The number of aliphatic hydroxyl groups excluding tert-OH is 1. The van der Waals surface area contributed by atoms with Gasteiger partial charge in [0.1, 0.15) is 6.61 Å². The van der Waals surface area contributed by atoms with Crippen LogP contribution in [-0.2, 0) is 4.79 Å². The van der Waals surface area contributed by atoms with Crippen LogP contribution in [0.5, 0.6) is 0 Å². The van der Waals surface area contributed by atoms with Gasteiger partial charge in [-0.2, -0.15) is 0 Å². The standard InChI is InChI=1S/C22H36O2/c1-14-8-10-21(2)15(12-14)4-5-16-17-6-7-19(20(24)13-23)22(17,3)11-9-18(16)21/h14-19,23H,4-13H2,1-3H3/t14-,15?,16?,17?,18?,19+,21-,22?/m0/s1. The Kier molecular flexibility index (Phi) is 4.14. The summed E-state index contributed by atoms with van der Waals surface area (Å²) in [5.74, 6) is 4.58. The molecule has 136 valence electrons. The molecule has 1 N–H and O–H groups in total. The summed E-state index contributed by atoms with van der Waals surface area (Å²) in [5.41, 5.74) is 0.738. The Labute approximate surface area is 147 Å². The zero-order chi connectivity index (χ0) is 17.1. The van der Waals surface area contributed by atoms with E-state index >= 15 is 0 Å². The van der Waals surface area contributed by atoms with Crippen LogP contribution in [0.15, 0.2) is 0 Å². The van der Waals surface area contributed by atoms with Crippen LogP contribution in [0.1, 0.15) is 78.6 Å². The lowest BCUT2D eigenvalue weighted by Gasteiger charge is -2.61. The molecule has 0 bridgehead atoms. The molecule has 2 heteroatoms. The van der Waals surface area contributed by atoms with Crippen LogP contribution in [-0.4, -0.2) is 17.5 Å². The first kappa shape index (κ1) is 17.1. The molecule has 0 aromatic heterocycles. The van der Waals surface area contributed by atoms with Crippen LogP contribution in [0.4, 0.5) is 0 Å². The van der Waals surface area contributed by atoms with Gasteiger partial charge in [-0.15, -0.1) is 0 Å². The van der Waals surface area contributed by atoms with Crippen molar-refractivity contribution in [3.05, 3.63) is 0 Å². The van der Waals surface area contributed by atoms with E-state index in [0.717, 1.165) is 36.0 Å². The fraction of sp³-hybridized carbons (Fsp3) is 0.955. The predicted octanol–water partition coefficient (Wildman–Crippen LogP) is 4.84. The quantitative estimate of drug-likeness (QED) is 0.785. The Morgan fingerprint density at radius 3 is 2.42 bits per heavy atom. The number of Topliss-reactive ketones (excluding diaryl/α,β-unsaturated/α-hetero) is 1. The van der Waals surface area contributed by atoms with E-state index in [1.54, 1.807) is 0 Å². The van der Waals surface area contributed by atoms with Crippen LogP contribution in [0, 0.1) is 46.3 Å². The van der Waals surface area contributed by atoms with Crippen molar-refractivity contribution in [2.75, 3.05) is 6.61 Å². The van der Waals surface area contributed by atoms with Crippen molar-refractivity contribution in [3.63, 3.8) is 0 Å². The SMILES string of the molecule is C[C@H]1CC[C@@]2(C)C(CCC3C4CC[C@H](C(=O)CO)C4(C)CCC32)C1. The van der Waals surface area contributed by atoms with Crippen LogP contribution in [0.2, 0.25) is 0 Å². The predicted molar refractivity (Wildman–Crippen MR) is 96.5 cm³/mol. The van der Waals surface area contributed by atoms with E-state index in [2.05, 4.69) is 20.8 Å². The summed E-state index contributed by atoms with van der Waals surface area (Å²) in [6, 6.07) is 0. The Morgan fingerprint density at radius 1 is 0.958 bits per heavy atom. The lowest BCUT2D eigenvalue weighted by Crippen LogP contribution is -2.53. The maximum atomic E-state index is 12.3. The summed E-state index contributed by atoms with van der Waals surface area (Å²) < 4.78 is 0. The molecule has 4 saturated carbocycles. The smallest absolute Gasteiger partial charge is 0.161 e. The zero-order valence-corrected chi connectivity index (χ0v) is 15.9. The van der Waals surface area contributed by atoms with Crippen molar-refractivity contribution in [3.8, 4) is 0 Å². The lowest BCUT2D eigenvalue weighted by atomic mass is 9.44. The molecule has 0 aromatic rings. The fourth-order valence-corrected chi connectivity index (χ4v) is 8.11. The van der Waals surface area contributed by atoms with E-state index in [-0.39, 0.29) is 23.7 Å². The Balaban J connectivity index is 1.60. The molecule has 2 nitrogen and oxygen atoms in total. The van der Waals surface area contributed by atoms with Gasteiger partial charge in [-0.25, -0.2) is 0 Å². The van der Waals surface area contributed by atoms with E-state index < -0.39 is 0 Å². The number of rotatable bonds is 2. The van der Waals surface area contributed by atoms with Crippen LogP contribution < -0.4 is 0 Å². The number of carbonyl (C=O) groups excluding carboxylic acids is 1. The minimum atomic E-state index is -0.251. The summed E-state index contributed by atoms with van der Waals surface area (Å²) in [4.78, 5) is 12.3. The molecule has 0 aromatic carbocycles. The molecule has 4 fully saturated rings. The van der Waals surface area contributed by atoms with Crippen molar-refractivity contribution in [2.45, 2.75) is 78.6 Å². The molecule has 4 aliphatic rings. The molecule has 24 heavy (non-hydrogen) atoms. The molecular formula is C22H36O2. The molecule has 0 amide bonds. The molecule has 0 radical (unpaired) electrons. The molecule has 4 rings (SSSR count). The normalized spacial score (nSPS) is 53.8. The van der Waals surface area contributed by atoms with Gasteiger partial charge in [0.2, 0.25) is 0 Å². The molecule has 0 saturated heterocycles. The largest absolute Gasteiger partial charge is 0.389 e. The monoisotopic (exact) mass is 332 g/mol. The first-order valence-corrected chi connectivity index (χ1v) is 10.5. The third-order valence-electron chi connectivity index (χ3n) is 9.47. The zero-order valence-electron chi connectivity index (χ0n) is 15.9. The fourth-order valence-electron chi connectivity index (χ4n) is 8.11. The molecule has 8 atom stereocenters. The molecule has 0 spiro atoms. The van der Waals surface area contributed by atoms with Gasteiger partial charge < -0.3 is 5.11 Å². The van der Waals surface area contributed by atoms with Gasteiger partial charge in [0.15, 0.2) is 5.78 Å². The van der Waals surface area contributed by atoms with E-state index in [1.807, 2.05) is 0 Å². The van der Waals surface area contributed by atoms with Crippen molar-refractivity contribution in [1.29, 1.82) is 0 Å². The summed E-state index contributed by atoms with van der Waals surface area (Å²) in [6.07, 6.45) is 11.9. The number of hydrogen-bond donors (Lipinski definition) is 1. The van der Waals surface area contributed by atoms with Gasteiger partial charge in [-0.3, -0.25) is 4.79 Å². The van der Waals surface area contributed by atoms with Gasteiger partial charge in [-0.1, -0.05) is 27.2 Å². The van der Waals surface area contributed by atoms with Crippen molar-refractivity contribution < 1.29 is 9.90 Å². The second kappa shape index (κ2) is 5.83. The number of hydrogen-bond acceptors (Lipinski definition) is 2. The minimum absolute atomic E-state index is 0.116. The number of carbonyl (C=O) groups is 1. The second-order valence-electron chi connectivity index (χ2n) is 10.3. The van der Waals surface area contributed by atoms with Gasteiger partial charge in [0.05, 0.1) is 0 Å². The molecule has 5 unspecified atom stereocenters. The maximum absolute atomic E-state index is 12.3. The molecule has 4 aliphatic carbocycles. The first-order valence-electron chi connectivity index (χ1n) is 10.5. The average Bonchev–Trinajstić information content (AvgIpc) is 2.92. The average molecular weight is 333 g/mol. The number of ketones is 1. The van der Waals surface area contributed by atoms with Gasteiger partial charge in [0, 0.05) is 5.92 Å². The highest BCUT2D eigenvalue weighted by atomic mass is 16.3. The van der Waals surface area contributed by atoms with E-state index in [9.17, 15) is 9.90 Å². The van der Waals surface area contributed by atoms with E-state index in [0.29, 0.717) is 5.41 Å². The summed E-state index contributed by atoms with van der Waals surface area (Å²) in [7, 11) is 0. The van der Waals surface area contributed by atoms with E-state index in [4.69, 9.17) is 0 Å². The molecule has 0 aliphatic heterocycles. The maximum Gasteiger partial charge on any atom is 0.161 e. The minimum Gasteiger partial charge on any atom is -0.389 e. The third-order valence-corrected chi connectivity index (χ3v) is 9.47. The van der Waals surface area contributed by atoms with Gasteiger partial charge in [0.25, 0.3) is 0 Å². The third kappa shape index (κ3) is 2.27. The highest BCUT2D eigenvalue weighted by Gasteiger charge is 2.60. The second-order valence-corrected chi connectivity index (χ2v) is 10.3.